The number of aliphatic hydroxyl groups is 2. The second-order valence-corrected chi connectivity index (χ2v) is 12.2. The van der Waals surface area contributed by atoms with Gasteiger partial charge in [0.05, 0.1) is 6.10 Å². The molecule has 0 rings (SSSR count). The van der Waals surface area contributed by atoms with Crippen molar-refractivity contribution in [1.29, 1.82) is 0 Å². The maximum Gasteiger partial charge on any atom is 0.305 e. The maximum atomic E-state index is 11.9. The normalized spacial score (nSPS) is 13.6. The monoisotopic (exact) mass is 645 g/mol. The molecule has 0 radical (unpaired) electrons. The number of rotatable bonds is 32. The van der Waals surface area contributed by atoms with E-state index in [9.17, 15) is 19.8 Å². The maximum absolute atomic E-state index is 11.9. The van der Waals surface area contributed by atoms with Gasteiger partial charge in [-0.2, -0.15) is 0 Å². The number of unbranched alkanes of at least 4 members (excludes halogenated alkanes) is 14. The molecule has 2 atom stereocenters. The summed E-state index contributed by atoms with van der Waals surface area (Å²) >= 11 is 0. The van der Waals surface area contributed by atoms with Crippen molar-refractivity contribution in [2.24, 2.45) is 0 Å². The topological polar surface area (TPSA) is 93.1 Å². The highest BCUT2D eigenvalue weighted by Gasteiger charge is 2.12. The van der Waals surface area contributed by atoms with E-state index in [-0.39, 0.29) is 31.6 Å². The fourth-order valence-electron chi connectivity index (χ4n) is 4.79. The highest BCUT2D eigenvalue weighted by Crippen LogP contribution is 2.13. The molecule has 0 aliphatic heterocycles. The van der Waals surface area contributed by atoms with Crippen LogP contribution >= 0.6 is 0 Å². The van der Waals surface area contributed by atoms with Gasteiger partial charge in [-0.05, 0) is 44.9 Å². The zero-order valence-corrected chi connectivity index (χ0v) is 29.4. The van der Waals surface area contributed by atoms with Crippen molar-refractivity contribution in [3.8, 4) is 0 Å². The number of esters is 2. The number of carbonyl (C=O) groups is 2. The largest absolute Gasteiger partial charge is 0.463 e. The first-order chi connectivity index (χ1) is 22.5. The molecule has 0 saturated carbocycles. The smallest absolute Gasteiger partial charge is 0.305 e. The molecule has 0 aliphatic carbocycles. The van der Waals surface area contributed by atoms with Crippen molar-refractivity contribution in [3.63, 3.8) is 0 Å². The lowest BCUT2D eigenvalue weighted by Gasteiger charge is -2.12. The SMILES string of the molecule is CC/C=C\C/C=C\CC(O)/C=C/C=C\C/C=C\CCCC(=O)OC[C@H](O)COC(=O)CCCCCCCCCCCCCCCC. The summed E-state index contributed by atoms with van der Waals surface area (Å²) in [7, 11) is 0. The number of aliphatic hydroxyl groups excluding tert-OH is 2. The van der Waals surface area contributed by atoms with Crippen LogP contribution < -0.4 is 0 Å². The molecule has 0 bridgehead atoms. The summed E-state index contributed by atoms with van der Waals surface area (Å²) < 4.78 is 10.2. The van der Waals surface area contributed by atoms with Crippen LogP contribution in [0.3, 0.4) is 0 Å². The zero-order valence-electron chi connectivity index (χ0n) is 29.4. The Morgan fingerprint density at radius 3 is 1.65 bits per heavy atom. The van der Waals surface area contributed by atoms with Gasteiger partial charge >= 0.3 is 11.9 Å². The molecule has 0 heterocycles. The molecule has 0 spiro atoms. The Morgan fingerprint density at radius 2 is 1.07 bits per heavy atom. The molecule has 0 amide bonds. The summed E-state index contributed by atoms with van der Waals surface area (Å²) in [4.78, 5) is 23.9. The van der Waals surface area contributed by atoms with Crippen molar-refractivity contribution in [3.05, 3.63) is 60.8 Å². The number of allylic oxidation sites excluding steroid dienone is 8. The predicted molar refractivity (Wildman–Crippen MR) is 193 cm³/mol. The second-order valence-electron chi connectivity index (χ2n) is 12.2. The third-order valence-corrected chi connectivity index (χ3v) is 7.60. The fraction of sp³-hybridized carbons (Fsp3) is 0.700. The predicted octanol–water partition coefficient (Wildman–Crippen LogP) is 10.2. The lowest BCUT2D eigenvalue weighted by Crippen LogP contribution is -2.25. The highest BCUT2D eigenvalue weighted by molar-refractivity contribution is 5.69. The number of hydrogen-bond donors (Lipinski definition) is 2. The van der Waals surface area contributed by atoms with Gasteiger partial charge in [0.1, 0.15) is 19.3 Å². The molecule has 6 heteroatoms. The molecule has 0 aliphatic rings. The van der Waals surface area contributed by atoms with Crippen molar-refractivity contribution in [1.82, 2.24) is 0 Å². The van der Waals surface area contributed by atoms with Gasteiger partial charge in [0.2, 0.25) is 0 Å². The van der Waals surface area contributed by atoms with Gasteiger partial charge in [-0.25, -0.2) is 0 Å². The van der Waals surface area contributed by atoms with Crippen molar-refractivity contribution in [2.45, 2.75) is 167 Å². The standard InChI is InChI=1S/C40H68O6/c1-3-5-7-9-11-12-13-14-15-16-17-21-25-29-33-39(43)45-35-38(42)36-46-40(44)34-30-26-22-19-18-20-24-28-32-37(41)31-27-23-10-8-6-4-2/h6,8,19-20,22-24,27-28,32,37-38,41-42H,3-5,7,9-18,21,25-26,29-31,33-36H2,1-2H3/b8-6-,22-19-,24-20-,27-23-,32-28+/t37?,38-/m1/s1. The molecule has 1 unspecified atom stereocenters. The van der Waals surface area contributed by atoms with Crippen LogP contribution in [-0.2, 0) is 19.1 Å². The molecule has 0 fully saturated rings. The Bertz CT molecular complexity index is 841. The van der Waals surface area contributed by atoms with Gasteiger partial charge < -0.3 is 19.7 Å². The van der Waals surface area contributed by atoms with E-state index in [2.05, 4.69) is 32.1 Å². The second kappa shape index (κ2) is 35.4. The van der Waals surface area contributed by atoms with E-state index in [0.29, 0.717) is 19.3 Å². The molecule has 264 valence electrons. The van der Waals surface area contributed by atoms with Crippen molar-refractivity contribution < 1.29 is 29.3 Å². The average Bonchev–Trinajstić information content (AvgIpc) is 3.05. The van der Waals surface area contributed by atoms with E-state index < -0.39 is 12.2 Å². The minimum atomic E-state index is -1.00. The molecule has 0 aromatic carbocycles. The Hall–Kier alpha value is -2.44. The minimum absolute atomic E-state index is 0.150. The minimum Gasteiger partial charge on any atom is -0.463 e. The molecule has 6 nitrogen and oxygen atoms in total. The van der Waals surface area contributed by atoms with E-state index in [1.807, 2.05) is 36.5 Å². The number of carbonyl (C=O) groups excluding carboxylic acids is 2. The quantitative estimate of drug-likeness (QED) is 0.0328. The number of ether oxygens (including phenoxy) is 2. The molecule has 46 heavy (non-hydrogen) atoms. The molecule has 0 aromatic rings. The Labute approximate surface area is 282 Å². The summed E-state index contributed by atoms with van der Waals surface area (Å²) in [6, 6.07) is 0. The van der Waals surface area contributed by atoms with E-state index in [4.69, 9.17) is 9.47 Å². The molecule has 2 N–H and O–H groups in total. The zero-order chi connectivity index (χ0) is 33.8. The van der Waals surface area contributed by atoms with E-state index in [1.54, 1.807) is 6.08 Å². The third-order valence-electron chi connectivity index (χ3n) is 7.60. The van der Waals surface area contributed by atoms with Gasteiger partial charge in [-0.15, -0.1) is 0 Å². The molecular weight excluding hydrogens is 576 g/mol. The van der Waals surface area contributed by atoms with Gasteiger partial charge in [-0.3, -0.25) is 9.59 Å². The first-order valence-electron chi connectivity index (χ1n) is 18.4. The summed E-state index contributed by atoms with van der Waals surface area (Å²) in [5.41, 5.74) is 0. The first-order valence-corrected chi connectivity index (χ1v) is 18.4. The third kappa shape index (κ3) is 34.4. The van der Waals surface area contributed by atoms with Gasteiger partial charge in [-0.1, -0.05) is 158 Å². The Morgan fingerprint density at radius 1 is 0.565 bits per heavy atom. The lowest BCUT2D eigenvalue weighted by molar-refractivity contribution is -0.152. The fourth-order valence-corrected chi connectivity index (χ4v) is 4.79. The average molecular weight is 645 g/mol. The van der Waals surface area contributed by atoms with Crippen LogP contribution in [0.25, 0.3) is 0 Å². The first kappa shape index (κ1) is 43.6. The van der Waals surface area contributed by atoms with Crippen LogP contribution in [0.15, 0.2) is 60.8 Å². The van der Waals surface area contributed by atoms with Crippen molar-refractivity contribution in [2.75, 3.05) is 13.2 Å². The summed E-state index contributed by atoms with van der Waals surface area (Å²) in [6.45, 7) is 4.05. The Balaban J connectivity index is 3.63. The molecule has 0 aromatic heterocycles. The highest BCUT2D eigenvalue weighted by atomic mass is 16.6. The summed E-state index contributed by atoms with van der Waals surface area (Å²) in [6.07, 6.45) is 41.6. The van der Waals surface area contributed by atoms with E-state index in [0.717, 1.165) is 44.9 Å². The Kier molecular flexibility index (Phi) is 33.5. The van der Waals surface area contributed by atoms with E-state index in [1.165, 1.54) is 70.6 Å². The summed E-state index contributed by atoms with van der Waals surface area (Å²) in [5, 5.41) is 19.9. The van der Waals surface area contributed by atoms with Crippen LogP contribution in [-0.4, -0.2) is 47.6 Å². The van der Waals surface area contributed by atoms with Crippen LogP contribution in [0.5, 0.6) is 0 Å². The van der Waals surface area contributed by atoms with Gasteiger partial charge in [0.25, 0.3) is 0 Å². The van der Waals surface area contributed by atoms with Crippen LogP contribution in [0, 0.1) is 0 Å². The van der Waals surface area contributed by atoms with Gasteiger partial charge in [0, 0.05) is 12.8 Å². The van der Waals surface area contributed by atoms with Crippen LogP contribution in [0.2, 0.25) is 0 Å². The lowest BCUT2D eigenvalue weighted by atomic mass is 10.0. The van der Waals surface area contributed by atoms with Gasteiger partial charge in [0.15, 0.2) is 0 Å². The van der Waals surface area contributed by atoms with E-state index >= 15 is 0 Å². The summed E-state index contributed by atoms with van der Waals surface area (Å²) in [5.74, 6) is -0.671. The van der Waals surface area contributed by atoms with Crippen LogP contribution in [0.1, 0.15) is 155 Å². The van der Waals surface area contributed by atoms with Crippen molar-refractivity contribution >= 4 is 11.9 Å². The number of hydrogen-bond acceptors (Lipinski definition) is 6. The van der Waals surface area contributed by atoms with Crippen LogP contribution in [0.4, 0.5) is 0 Å². The molecule has 0 saturated heterocycles. The molecular formula is C40H68O6.